The number of benzene rings is 1. The number of nitrogens with two attached hydrogens (primary N) is 1. The molecule has 0 bridgehead atoms. The van der Waals surface area contributed by atoms with Crippen LogP contribution in [0.15, 0.2) is 24.3 Å². The molecule has 1 amide bonds. The highest BCUT2D eigenvalue weighted by atomic mass is 35.5. The van der Waals surface area contributed by atoms with E-state index in [1.165, 1.54) is 0 Å². The van der Waals surface area contributed by atoms with Crippen molar-refractivity contribution in [3.05, 3.63) is 35.4 Å². The predicted octanol–water partition coefficient (Wildman–Crippen LogP) is 1.97. The van der Waals surface area contributed by atoms with Crippen LogP contribution in [0.4, 0.5) is 0 Å². The third-order valence-corrected chi connectivity index (χ3v) is 2.96. The van der Waals surface area contributed by atoms with E-state index in [2.05, 4.69) is 19.2 Å². The molecule has 0 fully saturated rings. The van der Waals surface area contributed by atoms with Crippen LogP contribution in [0.2, 0.25) is 0 Å². The van der Waals surface area contributed by atoms with E-state index in [1.54, 1.807) is 19.2 Å². The lowest BCUT2D eigenvalue weighted by Crippen LogP contribution is -2.35. The number of halogens is 1. The van der Waals surface area contributed by atoms with Crippen LogP contribution in [0.1, 0.15) is 29.8 Å². The highest BCUT2D eigenvalue weighted by Gasteiger charge is 2.14. The van der Waals surface area contributed by atoms with Crippen molar-refractivity contribution in [3.63, 3.8) is 0 Å². The highest BCUT2D eigenvalue weighted by Crippen LogP contribution is 2.06. The summed E-state index contributed by atoms with van der Waals surface area (Å²) in [6.45, 7) is 5.14. The van der Waals surface area contributed by atoms with Gasteiger partial charge in [-0.2, -0.15) is 0 Å². The minimum Gasteiger partial charge on any atom is -0.379 e. The second-order valence-electron chi connectivity index (χ2n) is 4.63. The van der Waals surface area contributed by atoms with Crippen molar-refractivity contribution < 1.29 is 9.53 Å². The molecule has 0 radical (unpaired) electrons. The minimum absolute atomic E-state index is 0. The molecule has 1 unspecified atom stereocenters. The molecule has 4 nitrogen and oxygen atoms in total. The number of ether oxygens (including phenoxy) is 1. The molecule has 1 aromatic carbocycles. The predicted molar refractivity (Wildman–Crippen MR) is 79.5 cm³/mol. The summed E-state index contributed by atoms with van der Waals surface area (Å²) >= 11 is 0. The summed E-state index contributed by atoms with van der Waals surface area (Å²) < 4.78 is 5.30. The van der Waals surface area contributed by atoms with Gasteiger partial charge in [0.15, 0.2) is 0 Å². The molecule has 1 rings (SSSR count). The summed E-state index contributed by atoms with van der Waals surface area (Å²) in [6, 6.07) is 7.31. The van der Waals surface area contributed by atoms with Gasteiger partial charge in [0.05, 0.1) is 6.10 Å². The molecule has 0 spiro atoms. The van der Waals surface area contributed by atoms with Gasteiger partial charge < -0.3 is 15.8 Å². The third kappa shape index (κ3) is 5.59. The number of rotatable bonds is 6. The Morgan fingerprint density at radius 1 is 1.32 bits per heavy atom. The van der Waals surface area contributed by atoms with Gasteiger partial charge in [-0.3, -0.25) is 4.79 Å². The van der Waals surface area contributed by atoms with E-state index < -0.39 is 0 Å². The Morgan fingerprint density at radius 3 is 2.32 bits per heavy atom. The lowest BCUT2D eigenvalue weighted by Gasteiger charge is -2.19. The Labute approximate surface area is 121 Å². The molecule has 0 aromatic heterocycles. The van der Waals surface area contributed by atoms with Crippen LogP contribution in [0.3, 0.4) is 0 Å². The first kappa shape index (κ1) is 17.9. The van der Waals surface area contributed by atoms with Crippen molar-refractivity contribution in [2.45, 2.75) is 26.5 Å². The largest absolute Gasteiger partial charge is 0.379 e. The zero-order chi connectivity index (χ0) is 13.5. The normalized spacial score (nSPS) is 11.8. The van der Waals surface area contributed by atoms with E-state index in [0.29, 0.717) is 24.6 Å². The summed E-state index contributed by atoms with van der Waals surface area (Å²) in [6.07, 6.45) is 0.0391. The first-order valence-electron chi connectivity index (χ1n) is 6.18. The molecule has 0 aliphatic carbocycles. The molecule has 1 aromatic rings. The monoisotopic (exact) mass is 286 g/mol. The quantitative estimate of drug-likeness (QED) is 0.840. The summed E-state index contributed by atoms with van der Waals surface area (Å²) in [4.78, 5) is 11.9. The van der Waals surface area contributed by atoms with E-state index in [4.69, 9.17) is 10.5 Å². The standard InChI is InChI=1S/C14H22N2O2.ClH/c1-10(2)13(18-3)9-16-14(17)12-6-4-11(8-15)5-7-12;/h4-7,10,13H,8-9,15H2,1-3H3,(H,16,17);1H. The van der Waals surface area contributed by atoms with Crippen LogP contribution in [-0.2, 0) is 11.3 Å². The van der Waals surface area contributed by atoms with Gasteiger partial charge in [0.2, 0.25) is 0 Å². The van der Waals surface area contributed by atoms with Crippen LogP contribution in [0.25, 0.3) is 0 Å². The first-order chi connectivity index (χ1) is 8.58. The topological polar surface area (TPSA) is 64.3 Å². The number of amides is 1. The van der Waals surface area contributed by atoms with Gasteiger partial charge in [0.1, 0.15) is 0 Å². The SMILES string of the molecule is COC(CNC(=O)c1ccc(CN)cc1)C(C)C.Cl. The molecule has 3 N–H and O–H groups in total. The summed E-state index contributed by atoms with van der Waals surface area (Å²) in [5, 5.41) is 2.87. The average molecular weight is 287 g/mol. The second-order valence-corrected chi connectivity index (χ2v) is 4.63. The van der Waals surface area contributed by atoms with Crippen molar-refractivity contribution in [1.82, 2.24) is 5.32 Å². The molecule has 108 valence electrons. The Morgan fingerprint density at radius 2 is 1.89 bits per heavy atom. The number of nitrogens with one attached hydrogen (secondary N) is 1. The molecule has 0 heterocycles. The molecule has 0 saturated heterocycles. The van der Waals surface area contributed by atoms with Crippen LogP contribution < -0.4 is 11.1 Å². The minimum atomic E-state index is -0.0822. The lowest BCUT2D eigenvalue weighted by atomic mass is 10.1. The number of hydrogen-bond donors (Lipinski definition) is 2. The van der Waals surface area contributed by atoms with Gasteiger partial charge >= 0.3 is 0 Å². The van der Waals surface area contributed by atoms with E-state index in [0.717, 1.165) is 5.56 Å². The van der Waals surface area contributed by atoms with Gasteiger partial charge in [-0.15, -0.1) is 12.4 Å². The first-order valence-corrected chi connectivity index (χ1v) is 6.18. The summed E-state index contributed by atoms with van der Waals surface area (Å²) in [7, 11) is 1.66. The highest BCUT2D eigenvalue weighted by molar-refractivity contribution is 5.94. The summed E-state index contributed by atoms with van der Waals surface area (Å²) in [5.41, 5.74) is 7.17. The molecule has 0 saturated carbocycles. The maximum atomic E-state index is 11.9. The Balaban J connectivity index is 0.00000324. The lowest BCUT2D eigenvalue weighted by molar-refractivity contribution is 0.0605. The van der Waals surface area contributed by atoms with Gasteiger partial charge in [0.25, 0.3) is 5.91 Å². The van der Waals surface area contributed by atoms with Gasteiger partial charge in [0, 0.05) is 25.8 Å². The van der Waals surface area contributed by atoms with Crippen LogP contribution in [0.5, 0.6) is 0 Å². The molecular weight excluding hydrogens is 264 g/mol. The van der Waals surface area contributed by atoms with Crippen molar-refractivity contribution >= 4 is 18.3 Å². The summed E-state index contributed by atoms with van der Waals surface area (Å²) in [5.74, 6) is 0.288. The van der Waals surface area contributed by atoms with Crippen LogP contribution in [0, 0.1) is 5.92 Å². The zero-order valence-electron chi connectivity index (χ0n) is 11.7. The Hall–Kier alpha value is -1.10. The average Bonchev–Trinajstić information content (AvgIpc) is 2.39. The maximum Gasteiger partial charge on any atom is 0.251 e. The van der Waals surface area contributed by atoms with Crippen molar-refractivity contribution in [3.8, 4) is 0 Å². The van der Waals surface area contributed by atoms with E-state index in [9.17, 15) is 4.79 Å². The molecule has 5 heteroatoms. The number of carbonyl (C=O) groups excluding carboxylic acids is 1. The zero-order valence-corrected chi connectivity index (χ0v) is 12.5. The van der Waals surface area contributed by atoms with Crippen LogP contribution >= 0.6 is 12.4 Å². The molecule has 19 heavy (non-hydrogen) atoms. The maximum absolute atomic E-state index is 11.9. The van der Waals surface area contributed by atoms with Crippen molar-refractivity contribution in [2.75, 3.05) is 13.7 Å². The Bertz CT molecular complexity index is 380. The molecule has 1 atom stereocenters. The van der Waals surface area contributed by atoms with Gasteiger partial charge in [-0.05, 0) is 23.6 Å². The van der Waals surface area contributed by atoms with Crippen molar-refractivity contribution in [1.29, 1.82) is 0 Å². The van der Waals surface area contributed by atoms with E-state index >= 15 is 0 Å². The van der Waals surface area contributed by atoms with Crippen LogP contribution in [-0.4, -0.2) is 25.7 Å². The van der Waals surface area contributed by atoms with E-state index in [-0.39, 0.29) is 24.4 Å². The molecule has 0 aliphatic heterocycles. The third-order valence-electron chi connectivity index (χ3n) is 2.96. The van der Waals surface area contributed by atoms with Crippen molar-refractivity contribution in [2.24, 2.45) is 11.7 Å². The molecular formula is C14H23ClN2O2. The van der Waals surface area contributed by atoms with E-state index in [1.807, 2.05) is 12.1 Å². The second kappa shape index (κ2) is 8.91. The number of carbonyl (C=O) groups is 1. The number of methoxy groups -OCH3 is 1. The molecule has 0 aliphatic rings. The fourth-order valence-corrected chi connectivity index (χ4v) is 1.68. The van der Waals surface area contributed by atoms with Gasteiger partial charge in [-0.1, -0.05) is 26.0 Å². The van der Waals surface area contributed by atoms with Gasteiger partial charge in [-0.25, -0.2) is 0 Å². The smallest absolute Gasteiger partial charge is 0.251 e. The Kier molecular flexibility index (Phi) is 8.39. The fraction of sp³-hybridized carbons (Fsp3) is 0.500. The fourth-order valence-electron chi connectivity index (χ4n) is 1.68. The number of hydrogen-bond acceptors (Lipinski definition) is 3.